The van der Waals surface area contributed by atoms with E-state index in [1.807, 2.05) is 48.7 Å². The van der Waals surface area contributed by atoms with Crippen molar-refractivity contribution in [2.24, 2.45) is 0 Å². The molecule has 5 nitrogen and oxygen atoms in total. The van der Waals surface area contributed by atoms with Crippen LogP contribution < -0.4 is 5.32 Å². The van der Waals surface area contributed by atoms with Crippen molar-refractivity contribution in [3.63, 3.8) is 0 Å². The van der Waals surface area contributed by atoms with Crippen LogP contribution in [0, 0.1) is 11.6 Å². The van der Waals surface area contributed by atoms with Crippen LogP contribution in [-0.4, -0.2) is 20.7 Å². The number of carbonyl (C=O) groups is 1. The maximum atomic E-state index is 13.7. The molecule has 2 heterocycles. The summed E-state index contributed by atoms with van der Waals surface area (Å²) in [5.74, 6) is -1.57. The number of benzene rings is 2. The van der Waals surface area contributed by atoms with Crippen molar-refractivity contribution in [1.82, 2.24) is 20.1 Å². The predicted molar refractivity (Wildman–Crippen MR) is 114 cm³/mol. The van der Waals surface area contributed by atoms with Crippen LogP contribution in [-0.2, 0) is 11.3 Å². The lowest BCUT2D eigenvalue weighted by atomic mass is 10.1. The molecule has 4 rings (SSSR count). The maximum Gasteiger partial charge on any atom is 0.244 e. The van der Waals surface area contributed by atoms with Crippen LogP contribution in [0.15, 0.2) is 85.3 Å². The van der Waals surface area contributed by atoms with Crippen LogP contribution in [0.5, 0.6) is 0 Å². The SMILES string of the molecule is O=C(C=Cc1cn(-c2ccccc2)nc1-c1cccnc1)NCc1cc(F)ccc1F. The third-order valence-corrected chi connectivity index (χ3v) is 4.57. The van der Waals surface area contributed by atoms with Crippen molar-refractivity contribution in [2.75, 3.05) is 0 Å². The molecular weight excluding hydrogens is 398 g/mol. The van der Waals surface area contributed by atoms with E-state index in [0.29, 0.717) is 11.3 Å². The Morgan fingerprint density at radius 2 is 1.90 bits per heavy atom. The molecule has 4 aromatic rings. The summed E-state index contributed by atoms with van der Waals surface area (Å²) < 4.78 is 28.7. The molecule has 0 unspecified atom stereocenters. The molecule has 0 saturated heterocycles. The number of pyridine rings is 1. The van der Waals surface area contributed by atoms with Gasteiger partial charge in [-0.3, -0.25) is 9.78 Å². The zero-order valence-corrected chi connectivity index (χ0v) is 16.4. The molecule has 1 N–H and O–H groups in total. The van der Waals surface area contributed by atoms with Gasteiger partial charge in [0.2, 0.25) is 5.91 Å². The highest BCUT2D eigenvalue weighted by Crippen LogP contribution is 2.24. The summed E-state index contributed by atoms with van der Waals surface area (Å²) in [5.41, 5.74) is 3.13. The summed E-state index contributed by atoms with van der Waals surface area (Å²) in [4.78, 5) is 16.4. The minimum Gasteiger partial charge on any atom is -0.348 e. The van der Waals surface area contributed by atoms with Gasteiger partial charge in [-0.1, -0.05) is 18.2 Å². The zero-order chi connectivity index (χ0) is 21.6. The molecular formula is C24H18F2N4O. The number of nitrogens with zero attached hydrogens (tertiary/aromatic N) is 3. The van der Waals surface area contributed by atoms with Gasteiger partial charge in [-0.2, -0.15) is 5.10 Å². The molecule has 0 spiro atoms. The van der Waals surface area contributed by atoms with Crippen LogP contribution in [0.25, 0.3) is 23.0 Å². The highest BCUT2D eigenvalue weighted by atomic mass is 19.1. The number of rotatable bonds is 6. The van der Waals surface area contributed by atoms with Crippen LogP contribution in [0.3, 0.4) is 0 Å². The Kier molecular flexibility index (Phi) is 5.93. The number of carbonyl (C=O) groups excluding carboxylic acids is 1. The van der Waals surface area contributed by atoms with E-state index in [-0.39, 0.29) is 12.1 Å². The molecule has 0 aliphatic carbocycles. The lowest BCUT2D eigenvalue weighted by molar-refractivity contribution is -0.116. The van der Waals surface area contributed by atoms with Gasteiger partial charge in [-0.15, -0.1) is 0 Å². The van der Waals surface area contributed by atoms with Crippen molar-refractivity contribution in [3.8, 4) is 16.9 Å². The standard InChI is InChI=1S/C24H18F2N4O/c25-20-9-10-22(26)19(13-20)15-28-23(31)11-8-18-16-30(21-6-2-1-3-7-21)29-24(18)17-5-4-12-27-14-17/h1-14,16H,15H2,(H,28,31). The molecule has 0 fully saturated rings. The van der Waals surface area contributed by atoms with Crippen molar-refractivity contribution in [3.05, 3.63) is 108 Å². The first-order chi connectivity index (χ1) is 15.1. The predicted octanol–water partition coefficient (Wildman–Crippen LogP) is 4.54. The van der Waals surface area contributed by atoms with Gasteiger partial charge in [0.1, 0.15) is 17.3 Å². The Morgan fingerprint density at radius 1 is 1.06 bits per heavy atom. The van der Waals surface area contributed by atoms with E-state index in [9.17, 15) is 13.6 Å². The molecule has 7 heteroatoms. The van der Waals surface area contributed by atoms with Gasteiger partial charge in [-0.25, -0.2) is 13.5 Å². The van der Waals surface area contributed by atoms with Gasteiger partial charge < -0.3 is 5.32 Å². The third-order valence-electron chi connectivity index (χ3n) is 4.57. The fourth-order valence-corrected chi connectivity index (χ4v) is 3.03. The minimum absolute atomic E-state index is 0.0784. The zero-order valence-electron chi connectivity index (χ0n) is 16.4. The topological polar surface area (TPSA) is 59.8 Å². The summed E-state index contributed by atoms with van der Waals surface area (Å²) in [6.07, 6.45) is 8.15. The highest BCUT2D eigenvalue weighted by molar-refractivity contribution is 5.92. The minimum atomic E-state index is -0.575. The van der Waals surface area contributed by atoms with Crippen LogP contribution in [0.2, 0.25) is 0 Å². The summed E-state index contributed by atoms with van der Waals surface area (Å²) >= 11 is 0. The first-order valence-electron chi connectivity index (χ1n) is 9.55. The van der Waals surface area contributed by atoms with E-state index >= 15 is 0 Å². The van der Waals surface area contributed by atoms with Gasteiger partial charge in [0.25, 0.3) is 0 Å². The van der Waals surface area contributed by atoms with Crippen molar-refractivity contribution in [2.45, 2.75) is 6.54 Å². The number of para-hydroxylation sites is 1. The smallest absolute Gasteiger partial charge is 0.244 e. The van der Waals surface area contributed by atoms with E-state index in [1.165, 1.54) is 6.08 Å². The molecule has 2 aromatic carbocycles. The lowest BCUT2D eigenvalue weighted by Crippen LogP contribution is -2.21. The molecule has 0 bridgehead atoms. The number of hydrogen-bond donors (Lipinski definition) is 1. The lowest BCUT2D eigenvalue weighted by Gasteiger charge is -2.04. The van der Waals surface area contributed by atoms with E-state index in [4.69, 9.17) is 0 Å². The Bertz CT molecular complexity index is 1220. The maximum absolute atomic E-state index is 13.7. The van der Waals surface area contributed by atoms with Gasteiger partial charge in [0.05, 0.1) is 5.69 Å². The number of amides is 1. The molecule has 0 radical (unpaired) electrons. The monoisotopic (exact) mass is 416 g/mol. The second-order valence-corrected chi connectivity index (χ2v) is 6.74. The van der Waals surface area contributed by atoms with E-state index in [0.717, 1.165) is 29.4 Å². The van der Waals surface area contributed by atoms with Crippen molar-refractivity contribution < 1.29 is 13.6 Å². The molecule has 2 aromatic heterocycles. The van der Waals surface area contributed by atoms with Crippen LogP contribution >= 0.6 is 0 Å². The summed E-state index contributed by atoms with van der Waals surface area (Å²) in [5, 5.41) is 7.21. The molecule has 154 valence electrons. The van der Waals surface area contributed by atoms with Crippen LogP contribution in [0.4, 0.5) is 8.78 Å². The molecule has 0 atom stereocenters. The van der Waals surface area contributed by atoms with Crippen LogP contribution in [0.1, 0.15) is 11.1 Å². The third kappa shape index (κ3) is 4.90. The molecule has 0 saturated carbocycles. The Labute approximate surface area is 177 Å². The number of halogens is 2. The second kappa shape index (κ2) is 9.13. The van der Waals surface area contributed by atoms with Gasteiger partial charge in [0, 0.05) is 47.9 Å². The largest absolute Gasteiger partial charge is 0.348 e. The summed E-state index contributed by atoms with van der Waals surface area (Å²) in [6, 6.07) is 16.4. The molecule has 1 amide bonds. The highest BCUT2D eigenvalue weighted by Gasteiger charge is 2.11. The average Bonchev–Trinajstić information content (AvgIpc) is 3.24. The fourth-order valence-electron chi connectivity index (χ4n) is 3.03. The Morgan fingerprint density at radius 3 is 2.68 bits per heavy atom. The Balaban J connectivity index is 1.56. The molecule has 0 aliphatic heterocycles. The van der Waals surface area contributed by atoms with Gasteiger partial charge in [0.15, 0.2) is 0 Å². The number of nitrogens with one attached hydrogen (secondary N) is 1. The Hall–Kier alpha value is -4.13. The summed E-state index contributed by atoms with van der Waals surface area (Å²) in [6.45, 7) is -0.120. The summed E-state index contributed by atoms with van der Waals surface area (Å²) in [7, 11) is 0. The fraction of sp³-hybridized carbons (Fsp3) is 0.0417. The quantitative estimate of drug-likeness (QED) is 0.470. The normalized spacial score (nSPS) is 11.0. The number of aromatic nitrogens is 3. The van der Waals surface area contributed by atoms with Gasteiger partial charge in [-0.05, 0) is 48.5 Å². The first kappa shape index (κ1) is 20.2. The molecule has 31 heavy (non-hydrogen) atoms. The number of hydrogen-bond acceptors (Lipinski definition) is 3. The van der Waals surface area contributed by atoms with E-state index in [1.54, 1.807) is 23.2 Å². The van der Waals surface area contributed by atoms with Gasteiger partial charge >= 0.3 is 0 Å². The average molecular weight is 416 g/mol. The van der Waals surface area contributed by atoms with E-state index in [2.05, 4.69) is 15.4 Å². The second-order valence-electron chi connectivity index (χ2n) is 6.74. The van der Waals surface area contributed by atoms with E-state index < -0.39 is 17.5 Å². The van der Waals surface area contributed by atoms with Crippen molar-refractivity contribution in [1.29, 1.82) is 0 Å². The first-order valence-corrected chi connectivity index (χ1v) is 9.55. The van der Waals surface area contributed by atoms with Crippen molar-refractivity contribution >= 4 is 12.0 Å². The molecule has 0 aliphatic rings.